The number of carboxylic acids is 1. The van der Waals surface area contributed by atoms with Crippen LogP contribution in [0.4, 0.5) is 10.1 Å². The van der Waals surface area contributed by atoms with Gasteiger partial charge in [0.2, 0.25) is 0 Å². The fourth-order valence-corrected chi connectivity index (χ4v) is 1.07. The molecule has 0 bridgehead atoms. The van der Waals surface area contributed by atoms with Crippen molar-refractivity contribution in [1.82, 2.24) is 0 Å². The van der Waals surface area contributed by atoms with E-state index in [0.717, 1.165) is 0 Å². The van der Waals surface area contributed by atoms with Gasteiger partial charge in [-0.2, -0.15) is 0 Å². The molecule has 0 atom stereocenters. The fraction of sp³-hybridized carbons (Fsp3) is 0.222. The van der Waals surface area contributed by atoms with E-state index < -0.39 is 12.6 Å². The van der Waals surface area contributed by atoms with Gasteiger partial charge in [0, 0.05) is 12.1 Å². The van der Waals surface area contributed by atoms with Crippen molar-refractivity contribution in [2.75, 3.05) is 12.4 Å². The first-order chi connectivity index (χ1) is 6.15. The van der Waals surface area contributed by atoms with Gasteiger partial charge in [0.25, 0.3) is 0 Å². The van der Waals surface area contributed by atoms with Crippen LogP contribution in [-0.4, -0.2) is 17.8 Å². The van der Waals surface area contributed by atoms with E-state index in [-0.39, 0.29) is 17.7 Å². The van der Waals surface area contributed by atoms with Gasteiger partial charge >= 0.3 is 5.97 Å². The highest BCUT2D eigenvalue weighted by atomic mass is 19.1. The Labute approximate surface area is 75.0 Å². The quantitative estimate of drug-likeness (QED) is 0.697. The number of hydrogen-bond donors (Lipinski definition) is 2. The smallest absolute Gasteiger partial charge is 0.337 e. The zero-order valence-corrected chi connectivity index (χ0v) is 6.96. The maximum Gasteiger partial charge on any atom is 0.337 e. The Balaban J connectivity index is 2.98. The first-order valence-corrected chi connectivity index (χ1v) is 3.83. The summed E-state index contributed by atoms with van der Waals surface area (Å²) in [6.45, 7) is -0.466. The van der Waals surface area contributed by atoms with Gasteiger partial charge < -0.3 is 10.8 Å². The molecule has 0 aliphatic heterocycles. The third-order valence-electron chi connectivity index (χ3n) is 1.73. The minimum atomic E-state index is -1.07. The van der Waals surface area contributed by atoms with Crippen LogP contribution in [0.1, 0.15) is 15.9 Å². The van der Waals surface area contributed by atoms with Crippen molar-refractivity contribution in [3.05, 3.63) is 29.3 Å². The van der Waals surface area contributed by atoms with E-state index in [1.165, 1.54) is 12.1 Å². The zero-order chi connectivity index (χ0) is 9.84. The number of benzene rings is 1. The van der Waals surface area contributed by atoms with Crippen LogP contribution in [0.3, 0.4) is 0 Å². The lowest BCUT2D eigenvalue weighted by atomic mass is 10.1. The van der Waals surface area contributed by atoms with E-state index in [2.05, 4.69) is 0 Å². The number of nitrogens with two attached hydrogens (primary N) is 1. The van der Waals surface area contributed by atoms with E-state index in [1.54, 1.807) is 6.07 Å². The highest BCUT2D eigenvalue weighted by Crippen LogP contribution is 2.14. The number of alkyl halides is 1. The second-order valence-electron chi connectivity index (χ2n) is 2.67. The molecule has 3 N–H and O–H groups in total. The van der Waals surface area contributed by atoms with Gasteiger partial charge in [-0.05, 0) is 17.7 Å². The van der Waals surface area contributed by atoms with Gasteiger partial charge in [0.15, 0.2) is 0 Å². The number of carboxylic acid groups (broad SMARTS) is 1. The van der Waals surface area contributed by atoms with Crippen LogP contribution in [0.5, 0.6) is 0 Å². The molecule has 1 aromatic rings. The summed E-state index contributed by atoms with van der Waals surface area (Å²) in [6.07, 6.45) is 0.268. The Morgan fingerprint density at radius 2 is 2.23 bits per heavy atom. The lowest BCUT2D eigenvalue weighted by Gasteiger charge is -2.02. The Bertz CT molecular complexity index is 325. The Morgan fingerprint density at radius 3 is 2.69 bits per heavy atom. The topological polar surface area (TPSA) is 63.3 Å². The van der Waals surface area contributed by atoms with Crippen LogP contribution in [0, 0.1) is 0 Å². The van der Waals surface area contributed by atoms with Crippen LogP contribution >= 0.6 is 0 Å². The molecule has 3 nitrogen and oxygen atoms in total. The summed E-state index contributed by atoms with van der Waals surface area (Å²) in [5, 5.41) is 8.63. The first-order valence-electron chi connectivity index (χ1n) is 3.83. The lowest BCUT2D eigenvalue weighted by molar-refractivity contribution is 0.0698. The van der Waals surface area contributed by atoms with Crippen molar-refractivity contribution < 1.29 is 14.3 Å². The molecule has 13 heavy (non-hydrogen) atoms. The van der Waals surface area contributed by atoms with Gasteiger partial charge in [-0.1, -0.05) is 6.07 Å². The van der Waals surface area contributed by atoms with E-state index >= 15 is 0 Å². The molecule has 0 aromatic heterocycles. The van der Waals surface area contributed by atoms with Crippen molar-refractivity contribution >= 4 is 11.7 Å². The third kappa shape index (κ3) is 2.18. The average Bonchev–Trinajstić information content (AvgIpc) is 2.04. The van der Waals surface area contributed by atoms with Crippen molar-refractivity contribution in [2.45, 2.75) is 6.42 Å². The molecule has 0 saturated heterocycles. The molecule has 0 amide bonds. The number of aromatic carboxylic acids is 1. The minimum absolute atomic E-state index is 0.0580. The van der Waals surface area contributed by atoms with Gasteiger partial charge in [-0.25, -0.2) is 4.79 Å². The summed E-state index contributed by atoms with van der Waals surface area (Å²) < 4.78 is 11.9. The minimum Gasteiger partial charge on any atom is -0.478 e. The summed E-state index contributed by atoms with van der Waals surface area (Å²) in [4.78, 5) is 10.5. The predicted octanol–water partition coefficient (Wildman–Crippen LogP) is 1.48. The summed E-state index contributed by atoms with van der Waals surface area (Å²) in [5.74, 6) is -1.07. The molecule has 4 heteroatoms. The molecular weight excluding hydrogens is 173 g/mol. The summed E-state index contributed by atoms with van der Waals surface area (Å²) >= 11 is 0. The Morgan fingerprint density at radius 1 is 1.54 bits per heavy atom. The predicted molar refractivity (Wildman–Crippen MR) is 47.5 cm³/mol. The van der Waals surface area contributed by atoms with Gasteiger partial charge in [-0.15, -0.1) is 0 Å². The van der Waals surface area contributed by atoms with Crippen LogP contribution in [0.15, 0.2) is 18.2 Å². The molecule has 0 unspecified atom stereocenters. The van der Waals surface area contributed by atoms with Crippen molar-refractivity contribution in [2.24, 2.45) is 0 Å². The van der Waals surface area contributed by atoms with Crippen LogP contribution < -0.4 is 5.73 Å². The molecule has 0 fully saturated rings. The van der Waals surface area contributed by atoms with E-state index in [1.807, 2.05) is 0 Å². The maximum absolute atomic E-state index is 11.9. The second kappa shape index (κ2) is 3.89. The first kappa shape index (κ1) is 9.51. The number of carbonyl (C=O) groups is 1. The van der Waals surface area contributed by atoms with E-state index in [9.17, 15) is 9.18 Å². The zero-order valence-electron chi connectivity index (χ0n) is 6.96. The number of aryl methyl sites for hydroxylation is 1. The van der Waals surface area contributed by atoms with E-state index in [0.29, 0.717) is 5.56 Å². The number of halogens is 1. The average molecular weight is 183 g/mol. The van der Waals surface area contributed by atoms with Crippen molar-refractivity contribution in [1.29, 1.82) is 0 Å². The fourth-order valence-electron chi connectivity index (χ4n) is 1.07. The summed E-state index contributed by atoms with van der Waals surface area (Å²) in [6, 6.07) is 4.45. The third-order valence-corrected chi connectivity index (χ3v) is 1.73. The molecule has 0 heterocycles. The molecule has 70 valence electrons. The SMILES string of the molecule is Nc1cc(CCF)ccc1C(=O)O. The highest BCUT2D eigenvalue weighted by molar-refractivity contribution is 5.93. The standard InChI is InChI=1S/C9H10FNO2/c10-4-3-6-1-2-7(9(12)13)8(11)5-6/h1-2,5H,3-4,11H2,(H,12,13). The number of nitrogen functional groups attached to an aromatic ring is 1. The number of anilines is 1. The monoisotopic (exact) mass is 183 g/mol. The van der Waals surface area contributed by atoms with Crippen LogP contribution in [0.2, 0.25) is 0 Å². The van der Waals surface area contributed by atoms with Crippen LogP contribution in [-0.2, 0) is 6.42 Å². The van der Waals surface area contributed by atoms with Gasteiger partial charge in [0.1, 0.15) is 0 Å². The molecular formula is C9H10FNO2. The van der Waals surface area contributed by atoms with Gasteiger partial charge in [0.05, 0.1) is 12.2 Å². The van der Waals surface area contributed by atoms with Gasteiger partial charge in [-0.3, -0.25) is 4.39 Å². The molecule has 0 saturated carbocycles. The molecule has 0 aliphatic rings. The normalized spacial score (nSPS) is 9.92. The molecule has 0 aliphatic carbocycles. The second-order valence-corrected chi connectivity index (χ2v) is 2.67. The lowest BCUT2D eigenvalue weighted by Crippen LogP contribution is -2.03. The maximum atomic E-state index is 11.9. The Kier molecular flexibility index (Phi) is 2.84. The molecule has 0 radical (unpaired) electrons. The van der Waals surface area contributed by atoms with E-state index in [4.69, 9.17) is 10.8 Å². The summed E-state index contributed by atoms with van der Waals surface area (Å²) in [5.41, 5.74) is 6.40. The molecule has 1 aromatic carbocycles. The van der Waals surface area contributed by atoms with Crippen molar-refractivity contribution in [3.8, 4) is 0 Å². The number of hydrogen-bond acceptors (Lipinski definition) is 2. The summed E-state index contributed by atoms with van der Waals surface area (Å²) in [7, 11) is 0. The largest absolute Gasteiger partial charge is 0.478 e. The Hall–Kier alpha value is -1.58. The molecule has 1 rings (SSSR count). The number of rotatable bonds is 3. The highest BCUT2D eigenvalue weighted by Gasteiger charge is 2.07. The van der Waals surface area contributed by atoms with Crippen molar-refractivity contribution in [3.63, 3.8) is 0 Å². The molecule has 0 spiro atoms. The van der Waals surface area contributed by atoms with Crippen LogP contribution in [0.25, 0.3) is 0 Å².